The number of benzene rings is 1. The number of urea groups is 1. The summed E-state index contributed by atoms with van der Waals surface area (Å²) in [5.74, 6) is -0.953. The molecule has 32 heavy (non-hydrogen) atoms. The number of carbonyl (C=O) groups is 2. The van der Waals surface area contributed by atoms with E-state index >= 15 is 0 Å². The molecular formula is C22H18ClFN4O3S. The van der Waals surface area contributed by atoms with Gasteiger partial charge in [-0.15, -0.1) is 11.8 Å². The number of nitriles is 1. The Labute approximate surface area is 193 Å². The second kappa shape index (κ2) is 8.81. The molecule has 3 heterocycles. The lowest BCUT2D eigenvalue weighted by Gasteiger charge is -2.41. The van der Waals surface area contributed by atoms with E-state index in [1.54, 1.807) is 25.3 Å². The van der Waals surface area contributed by atoms with E-state index in [0.29, 0.717) is 16.2 Å². The van der Waals surface area contributed by atoms with Gasteiger partial charge in [0.15, 0.2) is 11.6 Å². The second-order valence-corrected chi connectivity index (χ2v) is 8.84. The lowest BCUT2D eigenvalue weighted by molar-refractivity contribution is -0.119. The first-order chi connectivity index (χ1) is 15.4. The van der Waals surface area contributed by atoms with E-state index in [1.807, 2.05) is 6.07 Å². The summed E-state index contributed by atoms with van der Waals surface area (Å²) in [6.07, 6.45) is 4.95. The number of anilines is 1. The van der Waals surface area contributed by atoms with E-state index in [0.717, 1.165) is 16.5 Å². The number of halogens is 2. The molecular weight excluding hydrogens is 455 g/mol. The number of thioether (sulfide) groups is 1. The van der Waals surface area contributed by atoms with Crippen LogP contribution in [0.25, 0.3) is 4.91 Å². The van der Waals surface area contributed by atoms with Crippen molar-refractivity contribution in [3.05, 3.63) is 58.6 Å². The van der Waals surface area contributed by atoms with Gasteiger partial charge in [-0.05, 0) is 36.8 Å². The molecule has 2 atom stereocenters. The number of imide groups is 1. The van der Waals surface area contributed by atoms with Gasteiger partial charge in [0.25, 0.3) is 5.91 Å². The molecule has 0 bridgehead atoms. The van der Waals surface area contributed by atoms with Gasteiger partial charge in [0.05, 0.1) is 42.5 Å². The number of aryl methyl sites for hydroxylation is 1. The third-order valence-electron chi connectivity index (χ3n) is 5.37. The topological polar surface area (TPSA) is 86.5 Å². The van der Waals surface area contributed by atoms with Crippen molar-refractivity contribution in [2.75, 3.05) is 18.6 Å². The van der Waals surface area contributed by atoms with E-state index in [4.69, 9.17) is 21.6 Å². The first-order valence-corrected chi connectivity index (χ1v) is 11.0. The van der Waals surface area contributed by atoms with E-state index in [1.165, 1.54) is 36.0 Å². The van der Waals surface area contributed by atoms with E-state index in [2.05, 4.69) is 4.98 Å². The third-order valence-corrected chi connectivity index (χ3v) is 7.03. The van der Waals surface area contributed by atoms with E-state index < -0.39 is 23.1 Å². The number of hydrogen-bond donors (Lipinski definition) is 0. The van der Waals surface area contributed by atoms with Crippen LogP contribution < -0.4 is 9.64 Å². The van der Waals surface area contributed by atoms with Crippen LogP contribution in [0.2, 0.25) is 5.02 Å². The maximum Gasteiger partial charge on any atom is 0.332 e. The van der Waals surface area contributed by atoms with Gasteiger partial charge in [0.2, 0.25) is 0 Å². The van der Waals surface area contributed by atoms with Crippen LogP contribution in [0.1, 0.15) is 17.5 Å². The summed E-state index contributed by atoms with van der Waals surface area (Å²) in [7, 11) is 1.35. The number of methoxy groups -OCH3 is 1. The first kappa shape index (κ1) is 22.1. The van der Waals surface area contributed by atoms with Crippen LogP contribution in [-0.4, -0.2) is 46.8 Å². The molecule has 0 spiro atoms. The van der Waals surface area contributed by atoms with Crippen molar-refractivity contribution in [3.63, 3.8) is 0 Å². The van der Waals surface area contributed by atoms with Gasteiger partial charge in [-0.25, -0.2) is 14.1 Å². The Morgan fingerprint density at radius 1 is 1.38 bits per heavy atom. The Hall–Kier alpha value is -3.09. The summed E-state index contributed by atoms with van der Waals surface area (Å²) in [5, 5.41) is 8.61. The number of hydrogen-bond acceptors (Lipinski definition) is 6. The quantitative estimate of drug-likeness (QED) is 0.641. The normalized spacial score (nSPS) is 20.2. The Kier molecular flexibility index (Phi) is 6.09. The van der Waals surface area contributed by atoms with Crippen molar-refractivity contribution >= 4 is 45.9 Å². The average Bonchev–Trinajstić information content (AvgIpc) is 3.20. The van der Waals surface area contributed by atoms with Crippen molar-refractivity contribution in [3.8, 4) is 11.8 Å². The fraction of sp³-hybridized carbons (Fsp3) is 0.273. The number of pyridine rings is 1. The first-order valence-electron chi connectivity index (χ1n) is 9.71. The summed E-state index contributed by atoms with van der Waals surface area (Å²) in [4.78, 5) is 34.1. The van der Waals surface area contributed by atoms with Gasteiger partial charge in [0.1, 0.15) is 5.25 Å². The molecule has 2 aromatic rings. The molecule has 0 aliphatic carbocycles. The molecule has 3 amide bonds. The Morgan fingerprint density at radius 3 is 2.84 bits per heavy atom. The number of amides is 3. The zero-order chi connectivity index (χ0) is 23.0. The van der Waals surface area contributed by atoms with Crippen LogP contribution in [0, 0.1) is 24.1 Å². The lowest BCUT2D eigenvalue weighted by Crippen LogP contribution is -2.62. The Bertz CT molecular complexity index is 1180. The number of aromatic nitrogens is 1. The minimum absolute atomic E-state index is 0.0251. The predicted molar refractivity (Wildman–Crippen MR) is 120 cm³/mol. The van der Waals surface area contributed by atoms with Crippen LogP contribution in [0.5, 0.6) is 5.75 Å². The smallest absolute Gasteiger partial charge is 0.332 e. The molecule has 4 rings (SSSR count). The molecule has 164 valence electrons. The minimum Gasteiger partial charge on any atom is -0.494 e. The van der Waals surface area contributed by atoms with Gasteiger partial charge >= 0.3 is 6.03 Å². The fourth-order valence-corrected chi connectivity index (χ4v) is 5.44. The van der Waals surface area contributed by atoms with Gasteiger partial charge < -0.3 is 9.64 Å². The second-order valence-electron chi connectivity index (χ2n) is 7.25. The van der Waals surface area contributed by atoms with Gasteiger partial charge in [-0.3, -0.25) is 9.78 Å². The van der Waals surface area contributed by atoms with Gasteiger partial charge in [-0.1, -0.05) is 11.6 Å². The summed E-state index contributed by atoms with van der Waals surface area (Å²) in [6, 6.07) is 5.33. The molecule has 2 unspecified atom stereocenters. The summed E-state index contributed by atoms with van der Waals surface area (Å²) < 4.78 is 19.1. The number of rotatable bonds is 5. The van der Waals surface area contributed by atoms with E-state index in [-0.39, 0.29) is 29.6 Å². The maximum absolute atomic E-state index is 14.0. The molecule has 1 saturated heterocycles. The average molecular weight is 473 g/mol. The highest BCUT2D eigenvalue weighted by atomic mass is 35.5. The maximum atomic E-state index is 14.0. The molecule has 2 aliphatic heterocycles. The number of ether oxygens (including phenoxy) is 1. The van der Waals surface area contributed by atoms with Crippen LogP contribution in [0.3, 0.4) is 0 Å². The van der Waals surface area contributed by atoms with Crippen LogP contribution in [0.4, 0.5) is 14.9 Å². The standard InChI is InChI=1S/C22H18ClFN4O3S/c1-12-4-6-26-11-17(12)28-21(29)20-16(27(22(28)30)7-3-5-25)10-19(32-20)13-8-18(31-2)15(24)9-14(13)23/h4,6,8-11,16,20H,3,7H2,1-2H3. The number of nitrogens with zero attached hydrogens (tertiary/aromatic N) is 4. The molecule has 0 radical (unpaired) electrons. The van der Waals surface area contributed by atoms with Crippen molar-refractivity contribution in [2.24, 2.45) is 0 Å². The highest BCUT2D eigenvalue weighted by molar-refractivity contribution is 8.09. The number of fused-ring (bicyclic) bond motifs is 1. The van der Waals surface area contributed by atoms with Crippen LogP contribution >= 0.6 is 23.4 Å². The van der Waals surface area contributed by atoms with Crippen LogP contribution in [-0.2, 0) is 4.79 Å². The molecule has 2 aliphatic rings. The Balaban J connectivity index is 1.76. The monoisotopic (exact) mass is 472 g/mol. The van der Waals surface area contributed by atoms with Crippen molar-refractivity contribution in [2.45, 2.75) is 24.6 Å². The van der Waals surface area contributed by atoms with Crippen molar-refractivity contribution in [1.82, 2.24) is 9.88 Å². The van der Waals surface area contributed by atoms with Crippen molar-refractivity contribution in [1.29, 1.82) is 5.26 Å². The Morgan fingerprint density at radius 2 is 2.16 bits per heavy atom. The number of carbonyl (C=O) groups excluding carboxylic acids is 2. The highest BCUT2D eigenvalue weighted by Crippen LogP contribution is 2.47. The molecule has 10 heteroatoms. The zero-order valence-electron chi connectivity index (χ0n) is 17.2. The SMILES string of the molecule is COc1cc(C2=CC3C(S2)C(=O)N(c2cnccc2C)C(=O)N3CCC#N)c(Cl)cc1F. The molecule has 1 aromatic heterocycles. The van der Waals surface area contributed by atoms with Crippen LogP contribution in [0.15, 0.2) is 36.7 Å². The zero-order valence-corrected chi connectivity index (χ0v) is 18.8. The summed E-state index contributed by atoms with van der Waals surface area (Å²) >= 11 is 7.54. The third kappa shape index (κ3) is 3.70. The lowest BCUT2D eigenvalue weighted by atomic mass is 10.0. The molecule has 0 saturated carbocycles. The fourth-order valence-electron chi connectivity index (χ4n) is 3.77. The summed E-state index contributed by atoms with van der Waals surface area (Å²) in [6.45, 7) is 1.95. The van der Waals surface area contributed by atoms with Gasteiger partial charge in [-0.2, -0.15) is 5.26 Å². The van der Waals surface area contributed by atoms with Crippen molar-refractivity contribution < 1.29 is 18.7 Å². The van der Waals surface area contributed by atoms with E-state index in [9.17, 15) is 14.0 Å². The largest absolute Gasteiger partial charge is 0.494 e. The predicted octanol–water partition coefficient (Wildman–Crippen LogP) is 4.40. The summed E-state index contributed by atoms with van der Waals surface area (Å²) in [5.41, 5.74) is 1.63. The minimum atomic E-state index is -0.645. The molecule has 7 nitrogen and oxygen atoms in total. The molecule has 1 aromatic carbocycles. The van der Waals surface area contributed by atoms with Gasteiger partial charge in [0, 0.05) is 23.2 Å². The molecule has 1 fully saturated rings. The molecule has 0 N–H and O–H groups in total. The highest BCUT2D eigenvalue weighted by Gasteiger charge is 2.50.